The SMILES string of the molecule is CC(C)N1C(=O)c2ccc(C(=O)N3CC[C@@H](N)C3)cc2S1(=O)=O.Cl. The Bertz CT molecular complexity index is 794. The molecule has 0 unspecified atom stereocenters. The van der Waals surface area contributed by atoms with Gasteiger partial charge in [0, 0.05) is 30.7 Å². The Morgan fingerprint density at radius 3 is 2.54 bits per heavy atom. The molecule has 1 saturated heterocycles. The highest BCUT2D eigenvalue weighted by Gasteiger charge is 2.43. The van der Waals surface area contributed by atoms with Gasteiger partial charge in [-0.25, -0.2) is 12.7 Å². The highest BCUT2D eigenvalue weighted by Crippen LogP contribution is 2.33. The van der Waals surface area contributed by atoms with Crippen LogP contribution >= 0.6 is 12.4 Å². The van der Waals surface area contributed by atoms with E-state index in [2.05, 4.69) is 0 Å². The van der Waals surface area contributed by atoms with Crippen molar-refractivity contribution in [3.8, 4) is 0 Å². The van der Waals surface area contributed by atoms with Crippen molar-refractivity contribution in [3.05, 3.63) is 29.3 Å². The molecular weight excluding hydrogens is 354 g/mol. The van der Waals surface area contributed by atoms with E-state index in [4.69, 9.17) is 5.73 Å². The molecule has 0 aromatic heterocycles. The first-order chi connectivity index (χ1) is 10.7. The maximum atomic E-state index is 12.5. The third-order valence-electron chi connectivity index (χ3n) is 4.18. The van der Waals surface area contributed by atoms with Crippen molar-refractivity contribution >= 4 is 34.2 Å². The van der Waals surface area contributed by atoms with Crippen LogP contribution in [0.3, 0.4) is 0 Å². The molecule has 3 rings (SSSR count). The Labute approximate surface area is 147 Å². The van der Waals surface area contributed by atoms with E-state index in [1.54, 1.807) is 18.7 Å². The maximum absolute atomic E-state index is 12.5. The van der Waals surface area contributed by atoms with E-state index in [0.29, 0.717) is 13.1 Å². The van der Waals surface area contributed by atoms with Gasteiger partial charge in [0.1, 0.15) is 4.90 Å². The van der Waals surface area contributed by atoms with Gasteiger partial charge in [0.2, 0.25) is 0 Å². The van der Waals surface area contributed by atoms with Crippen molar-refractivity contribution in [2.45, 2.75) is 37.2 Å². The normalized spacial score (nSPS) is 21.8. The summed E-state index contributed by atoms with van der Waals surface area (Å²) in [6.45, 7) is 4.29. The molecule has 1 fully saturated rings. The van der Waals surface area contributed by atoms with Crippen LogP contribution in [0.4, 0.5) is 0 Å². The van der Waals surface area contributed by atoms with Gasteiger partial charge in [0.25, 0.3) is 21.8 Å². The number of nitrogens with zero attached hydrogens (tertiary/aromatic N) is 2. The van der Waals surface area contributed by atoms with Gasteiger partial charge in [-0.15, -0.1) is 12.4 Å². The number of carbonyl (C=O) groups is 2. The highest BCUT2D eigenvalue weighted by atomic mass is 35.5. The summed E-state index contributed by atoms with van der Waals surface area (Å²) < 4.78 is 25.9. The molecule has 0 radical (unpaired) electrons. The zero-order valence-corrected chi connectivity index (χ0v) is 15.1. The Balaban J connectivity index is 0.00000208. The lowest BCUT2D eigenvalue weighted by molar-refractivity contribution is 0.0788. The largest absolute Gasteiger partial charge is 0.337 e. The van der Waals surface area contributed by atoms with E-state index in [-0.39, 0.29) is 40.4 Å². The average molecular weight is 374 g/mol. The van der Waals surface area contributed by atoms with Crippen LogP contribution in [-0.2, 0) is 10.0 Å². The number of likely N-dealkylation sites (tertiary alicyclic amines) is 1. The van der Waals surface area contributed by atoms with Crippen LogP contribution in [0, 0.1) is 0 Å². The van der Waals surface area contributed by atoms with Gasteiger partial charge in [-0.1, -0.05) is 0 Å². The van der Waals surface area contributed by atoms with E-state index in [1.165, 1.54) is 18.2 Å². The van der Waals surface area contributed by atoms with Crippen LogP contribution in [0.25, 0.3) is 0 Å². The van der Waals surface area contributed by atoms with E-state index in [1.807, 2.05) is 0 Å². The van der Waals surface area contributed by atoms with Gasteiger partial charge in [0.15, 0.2) is 0 Å². The summed E-state index contributed by atoms with van der Waals surface area (Å²) in [6, 6.07) is 3.70. The number of benzene rings is 1. The standard InChI is InChI=1S/C15H19N3O4S.ClH/c1-9(2)18-15(20)12-4-3-10(7-13(12)23(18,21)22)14(19)17-6-5-11(16)8-17;/h3-4,7,9,11H,5-6,8,16H2,1-2H3;1H/t11-;/m1./s1. The minimum atomic E-state index is -3.90. The van der Waals surface area contributed by atoms with Crippen molar-refractivity contribution in [2.75, 3.05) is 13.1 Å². The van der Waals surface area contributed by atoms with E-state index >= 15 is 0 Å². The molecule has 0 saturated carbocycles. The molecule has 24 heavy (non-hydrogen) atoms. The summed E-state index contributed by atoms with van der Waals surface area (Å²) in [6.07, 6.45) is 0.731. The molecule has 132 valence electrons. The lowest BCUT2D eigenvalue weighted by Gasteiger charge is -2.19. The number of hydrogen-bond donors (Lipinski definition) is 1. The van der Waals surface area contributed by atoms with E-state index in [0.717, 1.165) is 10.7 Å². The predicted molar refractivity (Wildman–Crippen MR) is 90.7 cm³/mol. The molecule has 2 amide bonds. The number of nitrogens with two attached hydrogens (primary N) is 1. The zero-order valence-electron chi connectivity index (χ0n) is 13.4. The molecule has 2 heterocycles. The summed E-state index contributed by atoms with van der Waals surface area (Å²) in [7, 11) is -3.90. The summed E-state index contributed by atoms with van der Waals surface area (Å²) in [4.78, 5) is 26.3. The first kappa shape index (κ1) is 18.7. The molecule has 0 aliphatic carbocycles. The number of halogens is 1. The topological polar surface area (TPSA) is 101 Å². The van der Waals surface area contributed by atoms with Gasteiger partial charge >= 0.3 is 0 Å². The van der Waals surface area contributed by atoms with Crippen LogP contribution in [0.2, 0.25) is 0 Å². The molecule has 1 aromatic rings. The van der Waals surface area contributed by atoms with Gasteiger partial charge < -0.3 is 10.6 Å². The number of amides is 2. The number of fused-ring (bicyclic) bond motifs is 1. The number of hydrogen-bond acceptors (Lipinski definition) is 5. The molecule has 0 spiro atoms. The van der Waals surface area contributed by atoms with Crippen molar-refractivity contribution in [2.24, 2.45) is 5.73 Å². The minimum absolute atomic E-state index is 0. The third kappa shape index (κ3) is 2.78. The molecule has 0 bridgehead atoms. The fourth-order valence-electron chi connectivity index (χ4n) is 3.05. The summed E-state index contributed by atoms with van der Waals surface area (Å²) >= 11 is 0. The number of carbonyl (C=O) groups excluding carboxylic acids is 2. The molecule has 1 aromatic carbocycles. The van der Waals surface area contributed by atoms with Gasteiger partial charge in [0.05, 0.1) is 5.56 Å². The van der Waals surface area contributed by atoms with E-state index < -0.39 is 22.0 Å². The van der Waals surface area contributed by atoms with Crippen molar-refractivity contribution < 1.29 is 18.0 Å². The van der Waals surface area contributed by atoms with Crippen LogP contribution < -0.4 is 5.73 Å². The molecule has 2 aliphatic rings. The second kappa shape index (κ2) is 6.34. The summed E-state index contributed by atoms with van der Waals surface area (Å²) in [5.74, 6) is -0.802. The Morgan fingerprint density at radius 2 is 2.00 bits per heavy atom. The highest BCUT2D eigenvalue weighted by molar-refractivity contribution is 7.90. The first-order valence-electron chi connectivity index (χ1n) is 7.51. The summed E-state index contributed by atoms with van der Waals surface area (Å²) in [5, 5.41) is 0. The molecule has 7 nitrogen and oxygen atoms in total. The van der Waals surface area contributed by atoms with Crippen LogP contribution in [0.1, 0.15) is 41.0 Å². The lowest BCUT2D eigenvalue weighted by Crippen LogP contribution is -2.36. The fraction of sp³-hybridized carbons (Fsp3) is 0.467. The average Bonchev–Trinajstić information content (AvgIpc) is 2.99. The van der Waals surface area contributed by atoms with E-state index in [9.17, 15) is 18.0 Å². The van der Waals surface area contributed by atoms with Gasteiger partial charge in [-0.3, -0.25) is 9.59 Å². The molecule has 9 heteroatoms. The smallest absolute Gasteiger partial charge is 0.269 e. The second-order valence-corrected chi connectivity index (χ2v) is 7.99. The predicted octanol–water partition coefficient (Wildman–Crippen LogP) is 0.835. The Kier molecular flexibility index (Phi) is 4.94. The minimum Gasteiger partial charge on any atom is -0.337 e. The van der Waals surface area contributed by atoms with Crippen molar-refractivity contribution in [3.63, 3.8) is 0 Å². The maximum Gasteiger partial charge on any atom is 0.269 e. The zero-order chi connectivity index (χ0) is 16.9. The number of sulfonamides is 1. The fourth-order valence-corrected chi connectivity index (χ4v) is 4.84. The second-order valence-electron chi connectivity index (χ2n) is 6.21. The van der Waals surface area contributed by atoms with Crippen LogP contribution in [0.15, 0.2) is 23.1 Å². The number of rotatable bonds is 2. The summed E-state index contributed by atoms with van der Waals surface area (Å²) in [5.41, 5.74) is 6.19. The lowest BCUT2D eigenvalue weighted by atomic mass is 10.1. The van der Waals surface area contributed by atoms with Crippen molar-refractivity contribution in [1.29, 1.82) is 0 Å². The van der Waals surface area contributed by atoms with Gasteiger partial charge in [-0.2, -0.15) is 0 Å². The Morgan fingerprint density at radius 1 is 1.33 bits per heavy atom. The monoisotopic (exact) mass is 373 g/mol. The van der Waals surface area contributed by atoms with Crippen LogP contribution in [-0.4, -0.2) is 54.6 Å². The third-order valence-corrected chi connectivity index (χ3v) is 6.18. The van der Waals surface area contributed by atoms with Crippen molar-refractivity contribution in [1.82, 2.24) is 9.21 Å². The molecular formula is C15H20ClN3O4S. The van der Waals surface area contributed by atoms with Crippen LogP contribution in [0.5, 0.6) is 0 Å². The molecule has 2 N–H and O–H groups in total. The molecule has 1 atom stereocenters. The quantitative estimate of drug-likeness (QED) is 0.827. The van der Waals surface area contributed by atoms with Gasteiger partial charge in [-0.05, 0) is 38.5 Å². The Hall–Kier alpha value is -1.64. The molecule has 2 aliphatic heterocycles. The first-order valence-corrected chi connectivity index (χ1v) is 8.95.